The summed E-state index contributed by atoms with van der Waals surface area (Å²) in [7, 11) is 0. The summed E-state index contributed by atoms with van der Waals surface area (Å²) in [5.74, 6) is -0.0599. The molecule has 2 N–H and O–H groups in total. The number of hydrogen-bond donors (Lipinski definition) is 2. The van der Waals surface area contributed by atoms with Gasteiger partial charge in [-0.2, -0.15) is 0 Å². The molecule has 0 amide bonds. The van der Waals surface area contributed by atoms with Crippen molar-refractivity contribution in [2.24, 2.45) is 0 Å². The molecule has 1 atom stereocenters. The summed E-state index contributed by atoms with van der Waals surface area (Å²) in [6.07, 6.45) is 1.68. The second kappa shape index (κ2) is 6.78. The Hall–Kier alpha value is -2.50. The van der Waals surface area contributed by atoms with E-state index in [-0.39, 0.29) is 17.6 Å². The summed E-state index contributed by atoms with van der Waals surface area (Å²) >= 11 is 0. The largest absolute Gasteiger partial charge is 0.505 e. The number of benzene rings is 2. The lowest BCUT2D eigenvalue weighted by molar-refractivity contribution is -0.933. The first-order chi connectivity index (χ1) is 12.2. The molecular weight excluding hydrogens is 319 g/mol. The quantitative estimate of drug-likeness (QED) is 0.768. The molecule has 0 aliphatic carbocycles. The van der Waals surface area contributed by atoms with Gasteiger partial charge in [0.15, 0.2) is 5.75 Å². The second-order valence-electron chi connectivity index (χ2n) is 6.33. The molecule has 0 radical (unpaired) electrons. The maximum atomic E-state index is 13.4. The van der Waals surface area contributed by atoms with Crippen molar-refractivity contribution >= 4 is 10.9 Å². The van der Waals surface area contributed by atoms with Gasteiger partial charge in [-0.15, -0.1) is 0 Å². The molecule has 1 unspecified atom stereocenters. The minimum Gasteiger partial charge on any atom is -0.505 e. The van der Waals surface area contributed by atoms with E-state index in [9.17, 15) is 9.50 Å². The lowest BCUT2D eigenvalue weighted by atomic mass is 9.94. The zero-order chi connectivity index (χ0) is 17.2. The van der Waals surface area contributed by atoms with Crippen molar-refractivity contribution < 1.29 is 19.1 Å². The number of phenols is 1. The Kier molecular flexibility index (Phi) is 4.34. The number of aromatic nitrogens is 1. The number of nitrogens with zero attached hydrogens (tertiary/aromatic N) is 1. The third-order valence-electron chi connectivity index (χ3n) is 4.84. The maximum Gasteiger partial charge on any atom is 0.151 e. The van der Waals surface area contributed by atoms with Crippen LogP contribution in [0.1, 0.15) is 17.2 Å². The second-order valence-corrected chi connectivity index (χ2v) is 6.33. The lowest BCUT2D eigenvalue weighted by Gasteiger charge is -2.32. The smallest absolute Gasteiger partial charge is 0.151 e. The molecule has 2 heterocycles. The van der Waals surface area contributed by atoms with Gasteiger partial charge in [0, 0.05) is 17.1 Å². The van der Waals surface area contributed by atoms with Crippen molar-refractivity contribution in [1.82, 2.24) is 4.98 Å². The van der Waals surface area contributed by atoms with Gasteiger partial charge in [-0.05, 0) is 36.4 Å². The van der Waals surface area contributed by atoms with Crippen molar-refractivity contribution in [2.45, 2.75) is 6.04 Å². The van der Waals surface area contributed by atoms with Crippen molar-refractivity contribution in [1.29, 1.82) is 0 Å². The Balaban J connectivity index is 1.85. The molecule has 1 aliphatic heterocycles. The van der Waals surface area contributed by atoms with Crippen LogP contribution in [0.15, 0.2) is 54.7 Å². The van der Waals surface area contributed by atoms with E-state index in [0.29, 0.717) is 18.7 Å². The SMILES string of the molecule is Oc1c(C(c2ccc(F)cc2)[NH+]2CCOCC2)ccc2cccnc12. The number of hydrogen-bond acceptors (Lipinski definition) is 3. The number of aromatic hydroxyl groups is 1. The van der Waals surface area contributed by atoms with Gasteiger partial charge in [0.2, 0.25) is 0 Å². The van der Waals surface area contributed by atoms with Crippen molar-refractivity contribution in [3.8, 4) is 5.75 Å². The van der Waals surface area contributed by atoms with Crippen LogP contribution < -0.4 is 4.90 Å². The summed E-state index contributed by atoms with van der Waals surface area (Å²) in [4.78, 5) is 5.63. The standard InChI is InChI=1S/C20H19FN2O2/c21-16-6-3-15(4-7-16)19(23-10-12-25-13-11-23)17-8-5-14-2-1-9-22-18(14)20(17)24/h1-9,19,24H,10-13H2/p+1. The van der Waals surface area contributed by atoms with Crippen LogP contribution in [-0.4, -0.2) is 36.4 Å². The molecule has 3 aromatic rings. The van der Waals surface area contributed by atoms with E-state index >= 15 is 0 Å². The molecule has 0 bridgehead atoms. The number of nitrogens with one attached hydrogen (secondary N) is 1. The highest BCUT2D eigenvalue weighted by Crippen LogP contribution is 2.33. The van der Waals surface area contributed by atoms with Gasteiger partial charge < -0.3 is 14.7 Å². The van der Waals surface area contributed by atoms with Gasteiger partial charge in [-0.1, -0.05) is 12.1 Å². The summed E-state index contributed by atoms with van der Waals surface area (Å²) in [6.45, 7) is 3.03. The highest BCUT2D eigenvalue weighted by atomic mass is 19.1. The van der Waals surface area contributed by atoms with Crippen LogP contribution in [0.2, 0.25) is 0 Å². The molecule has 25 heavy (non-hydrogen) atoms. The third kappa shape index (κ3) is 3.08. The molecule has 1 aliphatic rings. The van der Waals surface area contributed by atoms with Crippen LogP contribution in [-0.2, 0) is 4.74 Å². The minimum atomic E-state index is -0.260. The molecular formula is C20H20FN2O2+. The molecule has 1 saturated heterocycles. The van der Waals surface area contributed by atoms with E-state index in [4.69, 9.17) is 4.74 Å². The molecule has 2 aromatic carbocycles. The number of phenolic OH excluding ortho intramolecular Hbond substituents is 1. The molecule has 128 valence electrons. The predicted octanol–water partition coefficient (Wildman–Crippen LogP) is 2.08. The van der Waals surface area contributed by atoms with Gasteiger partial charge in [0.25, 0.3) is 0 Å². The van der Waals surface area contributed by atoms with Gasteiger partial charge >= 0.3 is 0 Å². The maximum absolute atomic E-state index is 13.4. The summed E-state index contributed by atoms with van der Waals surface area (Å²) < 4.78 is 18.9. The molecule has 4 rings (SSSR count). The minimum absolute atomic E-state index is 0.0871. The normalized spacial score (nSPS) is 16.8. The Morgan fingerprint density at radius 1 is 1.04 bits per heavy atom. The van der Waals surface area contributed by atoms with Crippen molar-refractivity contribution in [3.63, 3.8) is 0 Å². The van der Waals surface area contributed by atoms with Gasteiger partial charge in [0.05, 0.1) is 18.8 Å². The van der Waals surface area contributed by atoms with Gasteiger partial charge in [0.1, 0.15) is 30.5 Å². The number of rotatable bonds is 3. The average molecular weight is 339 g/mol. The Labute approximate surface area is 145 Å². The van der Waals surface area contributed by atoms with Crippen LogP contribution in [0.4, 0.5) is 4.39 Å². The third-order valence-corrected chi connectivity index (χ3v) is 4.84. The first-order valence-corrected chi connectivity index (χ1v) is 8.48. The first-order valence-electron chi connectivity index (χ1n) is 8.48. The fourth-order valence-corrected chi connectivity index (χ4v) is 3.59. The van der Waals surface area contributed by atoms with Gasteiger partial charge in [-0.25, -0.2) is 4.39 Å². The fraction of sp³-hybridized carbons (Fsp3) is 0.250. The predicted molar refractivity (Wildman–Crippen MR) is 93.2 cm³/mol. The van der Waals surface area contributed by atoms with E-state index in [0.717, 1.165) is 29.6 Å². The van der Waals surface area contributed by atoms with Crippen LogP contribution in [0.3, 0.4) is 0 Å². The van der Waals surface area contributed by atoms with Crippen molar-refractivity contribution in [3.05, 3.63) is 71.7 Å². The Morgan fingerprint density at radius 2 is 1.80 bits per heavy atom. The number of pyridine rings is 1. The number of quaternary nitrogens is 1. The first kappa shape index (κ1) is 16.0. The number of ether oxygens (including phenoxy) is 1. The molecule has 5 heteroatoms. The molecule has 1 fully saturated rings. The van der Waals surface area contributed by atoms with E-state index in [1.54, 1.807) is 18.3 Å². The van der Waals surface area contributed by atoms with Gasteiger partial charge in [-0.3, -0.25) is 4.98 Å². The van der Waals surface area contributed by atoms with Crippen LogP contribution in [0.25, 0.3) is 10.9 Å². The Morgan fingerprint density at radius 3 is 2.56 bits per heavy atom. The summed E-state index contributed by atoms with van der Waals surface area (Å²) in [5, 5.41) is 11.8. The molecule has 0 spiro atoms. The monoisotopic (exact) mass is 339 g/mol. The van der Waals surface area contributed by atoms with E-state index in [1.807, 2.05) is 24.3 Å². The Bertz CT molecular complexity index is 877. The summed E-state index contributed by atoms with van der Waals surface area (Å²) in [6, 6.07) is 14.2. The highest BCUT2D eigenvalue weighted by molar-refractivity contribution is 5.85. The zero-order valence-electron chi connectivity index (χ0n) is 13.8. The molecule has 1 aromatic heterocycles. The van der Waals surface area contributed by atoms with Crippen LogP contribution in [0.5, 0.6) is 5.75 Å². The number of morpholine rings is 1. The highest BCUT2D eigenvalue weighted by Gasteiger charge is 2.31. The number of halogens is 1. The zero-order valence-corrected chi connectivity index (χ0v) is 13.8. The lowest BCUT2D eigenvalue weighted by Crippen LogP contribution is -3.14. The van der Waals surface area contributed by atoms with E-state index < -0.39 is 0 Å². The van der Waals surface area contributed by atoms with Crippen molar-refractivity contribution in [2.75, 3.05) is 26.3 Å². The van der Waals surface area contributed by atoms with Crippen LogP contribution >= 0.6 is 0 Å². The molecule has 4 nitrogen and oxygen atoms in total. The number of fused-ring (bicyclic) bond motifs is 1. The van der Waals surface area contributed by atoms with E-state index in [1.165, 1.54) is 17.0 Å². The molecule has 0 saturated carbocycles. The topological polar surface area (TPSA) is 46.8 Å². The average Bonchev–Trinajstić information content (AvgIpc) is 2.66. The summed E-state index contributed by atoms with van der Waals surface area (Å²) in [5.41, 5.74) is 2.39. The van der Waals surface area contributed by atoms with E-state index in [2.05, 4.69) is 4.98 Å². The fourth-order valence-electron chi connectivity index (χ4n) is 3.59. The van der Waals surface area contributed by atoms with Crippen LogP contribution in [0, 0.1) is 5.82 Å².